The van der Waals surface area contributed by atoms with Crippen LogP contribution < -0.4 is 0 Å². The molecule has 102 valence electrons. The van der Waals surface area contributed by atoms with Crippen LogP contribution in [0.1, 0.15) is 38.2 Å². The molecule has 0 saturated heterocycles. The minimum absolute atomic E-state index is 0.168. The molecule has 1 aromatic rings. The first-order chi connectivity index (χ1) is 9.79. The molecule has 1 heteroatoms. The number of hydrogen-bond donors (Lipinski definition) is 0. The van der Waals surface area contributed by atoms with Gasteiger partial charge in [0.25, 0.3) is 0 Å². The van der Waals surface area contributed by atoms with Crippen molar-refractivity contribution in [1.29, 1.82) is 0 Å². The van der Waals surface area contributed by atoms with Crippen molar-refractivity contribution in [3.05, 3.63) is 65.5 Å². The highest BCUT2D eigenvalue weighted by Gasteiger charge is 2.49. The fourth-order valence-electron chi connectivity index (χ4n) is 4.05. The Hall–Kier alpha value is -1.76. The molecule has 0 amide bonds. The van der Waals surface area contributed by atoms with Gasteiger partial charge in [0, 0.05) is 5.92 Å². The molecule has 0 fully saturated rings. The molecule has 0 aromatic heterocycles. The molecule has 3 aliphatic rings. The number of allylic oxidation sites excluding steroid dienone is 3. The van der Waals surface area contributed by atoms with Crippen molar-refractivity contribution < 1.29 is 4.74 Å². The lowest BCUT2D eigenvalue weighted by Crippen LogP contribution is -2.37. The van der Waals surface area contributed by atoms with Gasteiger partial charge in [-0.2, -0.15) is 0 Å². The Morgan fingerprint density at radius 3 is 2.85 bits per heavy atom. The summed E-state index contributed by atoms with van der Waals surface area (Å²) in [5, 5.41) is 0. The maximum Gasteiger partial charge on any atom is 0.138 e. The average molecular weight is 264 g/mol. The molecule has 1 nitrogen and oxygen atoms in total. The molecule has 20 heavy (non-hydrogen) atoms. The number of rotatable bonds is 1. The van der Waals surface area contributed by atoms with E-state index in [1.807, 2.05) is 0 Å². The van der Waals surface area contributed by atoms with Crippen molar-refractivity contribution in [3.8, 4) is 0 Å². The Bertz CT molecular complexity index is 620. The van der Waals surface area contributed by atoms with Gasteiger partial charge < -0.3 is 4.74 Å². The molecule has 2 atom stereocenters. The maximum absolute atomic E-state index is 6.45. The molecular formula is C19H20O. The van der Waals surface area contributed by atoms with Crippen LogP contribution in [0.3, 0.4) is 0 Å². The van der Waals surface area contributed by atoms with E-state index in [1.165, 1.54) is 30.4 Å². The predicted molar refractivity (Wildman–Crippen MR) is 82.0 cm³/mol. The summed E-state index contributed by atoms with van der Waals surface area (Å²) in [5.41, 5.74) is 4.07. The lowest BCUT2D eigenvalue weighted by molar-refractivity contribution is 0.0636. The van der Waals surface area contributed by atoms with Gasteiger partial charge in [-0.15, -0.1) is 0 Å². The van der Waals surface area contributed by atoms with E-state index < -0.39 is 0 Å². The minimum Gasteiger partial charge on any atom is -0.482 e. The summed E-state index contributed by atoms with van der Waals surface area (Å²) in [4.78, 5) is 0. The zero-order chi connectivity index (χ0) is 13.6. The van der Waals surface area contributed by atoms with E-state index in [-0.39, 0.29) is 5.60 Å². The molecule has 2 unspecified atom stereocenters. The molecule has 0 saturated carbocycles. The topological polar surface area (TPSA) is 9.23 Å². The van der Waals surface area contributed by atoms with Gasteiger partial charge in [-0.25, -0.2) is 0 Å². The van der Waals surface area contributed by atoms with E-state index in [0.717, 1.165) is 12.2 Å². The van der Waals surface area contributed by atoms with Gasteiger partial charge >= 0.3 is 0 Å². The highest BCUT2D eigenvalue weighted by Crippen LogP contribution is 2.53. The lowest BCUT2D eigenvalue weighted by atomic mass is 9.70. The Morgan fingerprint density at radius 1 is 1.15 bits per heavy atom. The van der Waals surface area contributed by atoms with Gasteiger partial charge in [-0.3, -0.25) is 0 Å². The van der Waals surface area contributed by atoms with Gasteiger partial charge in [0.1, 0.15) is 11.4 Å². The lowest BCUT2D eigenvalue weighted by Gasteiger charge is -2.38. The molecule has 1 aromatic carbocycles. The van der Waals surface area contributed by atoms with Crippen LogP contribution in [0.15, 0.2) is 59.9 Å². The standard InChI is InChI=1S/C19H20O/c1-19-16(14-8-3-2-4-9-14)11-7-12-17(19)15-10-5-6-13-18(15)20-19/h2-4,6,8-9,11,13,17H,5,7,10,12H2,1H3. The van der Waals surface area contributed by atoms with Crippen LogP contribution in [0.5, 0.6) is 0 Å². The van der Waals surface area contributed by atoms with Crippen LogP contribution in [-0.4, -0.2) is 5.60 Å². The summed E-state index contributed by atoms with van der Waals surface area (Å²) < 4.78 is 6.45. The van der Waals surface area contributed by atoms with E-state index >= 15 is 0 Å². The van der Waals surface area contributed by atoms with Gasteiger partial charge in [-0.05, 0) is 55.4 Å². The van der Waals surface area contributed by atoms with E-state index in [1.54, 1.807) is 5.57 Å². The monoisotopic (exact) mass is 264 g/mol. The van der Waals surface area contributed by atoms with Crippen molar-refractivity contribution in [1.82, 2.24) is 0 Å². The summed E-state index contributed by atoms with van der Waals surface area (Å²) in [6, 6.07) is 10.7. The Labute approximate surface area is 120 Å². The fourth-order valence-corrected chi connectivity index (χ4v) is 4.05. The number of hydrogen-bond acceptors (Lipinski definition) is 1. The molecule has 1 heterocycles. The van der Waals surface area contributed by atoms with E-state index in [0.29, 0.717) is 5.92 Å². The Morgan fingerprint density at radius 2 is 2.00 bits per heavy atom. The van der Waals surface area contributed by atoms with Gasteiger partial charge in [0.2, 0.25) is 0 Å². The zero-order valence-corrected chi connectivity index (χ0v) is 11.9. The van der Waals surface area contributed by atoms with Crippen molar-refractivity contribution in [2.75, 3.05) is 0 Å². The minimum atomic E-state index is -0.168. The second kappa shape index (κ2) is 4.37. The Kier molecular flexibility index (Phi) is 2.63. The Balaban J connectivity index is 1.78. The van der Waals surface area contributed by atoms with E-state index in [2.05, 4.69) is 55.5 Å². The number of ether oxygens (including phenoxy) is 1. The third-order valence-corrected chi connectivity index (χ3v) is 5.00. The first-order valence-corrected chi connectivity index (χ1v) is 7.64. The summed E-state index contributed by atoms with van der Waals surface area (Å²) in [6.07, 6.45) is 11.5. The van der Waals surface area contributed by atoms with Crippen LogP contribution in [0.4, 0.5) is 0 Å². The second-order valence-corrected chi connectivity index (χ2v) is 6.15. The SMILES string of the molecule is CC12OC3=C(CCC=C3)C1CCC=C2c1ccccc1. The molecule has 1 aliphatic heterocycles. The summed E-state index contributed by atoms with van der Waals surface area (Å²) in [6.45, 7) is 2.28. The van der Waals surface area contributed by atoms with E-state index in [4.69, 9.17) is 4.74 Å². The van der Waals surface area contributed by atoms with Crippen LogP contribution in [0.2, 0.25) is 0 Å². The normalized spacial score (nSPS) is 31.4. The molecular weight excluding hydrogens is 244 g/mol. The highest BCUT2D eigenvalue weighted by molar-refractivity contribution is 5.75. The maximum atomic E-state index is 6.45. The largest absolute Gasteiger partial charge is 0.482 e. The van der Waals surface area contributed by atoms with Gasteiger partial charge in [0.05, 0.1) is 0 Å². The van der Waals surface area contributed by atoms with Crippen LogP contribution in [0.25, 0.3) is 5.57 Å². The molecule has 0 spiro atoms. The van der Waals surface area contributed by atoms with Crippen molar-refractivity contribution in [2.45, 2.75) is 38.2 Å². The fraction of sp³-hybridized carbons (Fsp3) is 0.368. The molecule has 0 bridgehead atoms. The van der Waals surface area contributed by atoms with Crippen molar-refractivity contribution in [3.63, 3.8) is 0 Å². The molecule has 0 N–H and O–H groups in total. The smallest absolute Gasteiger partial charge is 0.138 e. The molecule has 2 aliphatic carbocycles. The van der Waals surface area contributed by atoms with Gasteiger partial charge in [-0.1, -0.05) is 42.5 Å². The third kappa shape index (κ3) is 1.62. The first kappa shape index (κ1) is 12.0. The average Bonchev–Trinajstić information content (AvgIpc) is 2.80. The van der Waals surface area contributed by atoms with Crippen LogP contribution in [0, 0.1) is 5.92 Å². The van der Waals surface area contributed by atoms with Crippen molar-refractivity contribution in [2.24, 2.45) is 5.92 Å². The van der Waals surface area contributed by atoms with Crippen LogP contribution in [-0.2, 0) is 4.74 Å². The number of fused-ring (bicyclic) bond motifs is 2. The molecule has 4 rings (SSSR count). The van der Waals surface area contributed by atoms with E-state index in [9.17, 15) is 0 Å². The quantitative estimate of drug-likeness (QED) is 0.703. The summed E-state index contributed by atoms with van der Waals surface area (Å²) in [7, 11) is 0. The number of benzene rings is 1. The predicted octanol–water partition coefficient (Wildman–Crippen LogP) is 4.87. The zero-order valence-electron chi connectivity index (χ0n) is 11.9. The van der Waals surface area contributed by atoms with Crippen molar-refractivity contribution >= 4 is 5.57 Å². The third-order valence-electron chi connectivity index (χ3n) is 5.00. The van der Waals surface area contributed by atoms with Gasteiger partial charge in [0.15, 0.2) is 0 Å². The first-order valence-electron chi connectivity index (χ1n) is 7.64. The molecule has 0 radical (unpaired) electrons. The second-order valence-electron chi connectivity index (χ2n) is 6.15. The highest BCUT2D eigenvalue weighted by atomic mass is 16.5. The summed E-state index contributed by atoms with van der Waals surface area (Å²) >= 11 is 0. The van der Waals surface area contributed by atoms with Crippen LogP contribution >= 0.6 is 0 Å². The summed E-state index contributed by atoms with van der Waals surface area (Å²) in [5.74, 6) is 1.70.